The van der Waals surface area contributed by atoms with Crippen LogP contribution in [-0.4, -0.2) is 43.9 Å². The summed E-state index contributed by atoms with van der Waals surface area (Å²) >= 11 is 0. The Balaban J connectivity index is 3.52. The van der Waals surface area contributed by atoms with E-state index in [1.165, 1.54) is 25.7 Å². The van der Waals surface area contributed by atoms with E-state index in [4.69, 9.17) is 9.29 Å². The predicted octanol–water partition coefficient (Wildman–Crippen LogP) is 2.15. The largest absolute Gasteiger partial charge is 0.462 e. The molecule has 0 fully saturated rings. The molecule has 2 N–H and O–H groups in total. The van der Waals surface area contributed by atoms with Crippen molar-refractivity contribution < 1.29 is 22.5 Å². The van der Waals surface area contributed by atoms with Crippen LogP contribution in [0.25, 0.3) is 0 Å². The Bertz CT molecular complexity index is 370. The fraction of sp³-hybridized carbons (Fsp3) is 0.929. The van der Waals surface area contributed by atoms with Gasteiger partial charge < -0.3 is 10.1 Å². The van der Waals surface area contributed by atoms with Crippen molar-refractivity contribution in [3.8, 4) is 0 Å². The second-order valence-corrected chi connectivity index (χ2v) is 6.89. The highest BCUT2D eigenvalue weighted by Gasteiger charge is 2.10. The first-order valence-electron chi connectivity index (χ1n) is 7.70. The van der Waals surface area contributed by atoms with Gasteiger partial charge in [-0.2, -0.15) is 8.42 Å². The summed E-state index contributed by atoms with van der Waals surface area (Å²) in [6.45, 7) is 4.03. The lowest BCUT2D eigenvalue weighted by atomic mass is 10.1. The number of hydrogen-bond donors (Lipinski definition) is 2. The highest BCUT2D eigenvalue weighted by Crippen LogP contribution is 2.10. The Morgan fingerprint density at radius 3 is 2.43 bits per heavy atom. The average Bonchev–Trinajstić information content (AvgIpc) is 2.38. The monoisotopic (exact) mass is 323 g/mol. The zero-order chi connectivity index (χ0) is 16.1. The SMILES string of the molecule is CCCCCCCCC(C)OC(=O)CNCCS(=O)(=O)O. The van der Waals surface area contributed by atoms with Gasteiger partial charge in [-0.05, 0) is 19.8 Å². The molecule has 0 spiro atoms. The Morgan fingerprint density at radius 1 is 1.19 bits per heavy atom. The average molecular weight is 323 g/mol. The molecule has 0 rings (SSSR count). The van der Waals surface area contributed by atoms with Gasteiger partial charge in [-0.15, -0.1) is 0 Å². The third-order valence-corrected chi connectivity index (χ3v) is 3.82. The molecule has 0 aliphatic carbocycles. The maximum absolute atomic E-state index is 11.5. The first-order chi connectivity index (χ1) is 9.85. The second-order valence-electron chi connectivity index (χ2n) is 5.32. The first-order valence-corrected chi connectivity index (χ1v) is 9.31. The lowest BCUT2D eigenvalue weighted by Crippen LogP contribution is -2.30. The summed E-state index contributed by atoms with van der Waals surface area (Å²) in [7, 11) is -3.98. The fourth-order valence-electron chi connectivity index (χ4n) is 1.93. The van der Waals surface area contributed by atoms with Crippen LogP contribution in [0, 0.1) is 0 Å². The summed E-state index contributed by atoms with van der Waals surface area (Å²) in [5.74, 6) is -0.808. The van der Waals surface area contributed by atoms with E-state index in [-0.39, 0.29) is 19.2 Å². The van der Waals surface area contributed by atoms with Gasteiger partial charge in [0.15, 0.2) is 0 Å². The van der Waals surface area contributed by atoms with Crippen LogP contribution in [0.1, 0.15) is 58.8 Å². The minimum Gasteiger partial charge on any atom is -0.462 e. The standard InChI is InChI=1S/C14H29NO5S/c1-3-4-5-6-7-8-9-13(2)20-14(16)12-15-10-11-21(17,18)19/h13,15H,3-12H2,1-2H3,(H,17,18,19). The maximum Gasteiger partial charge on any atom is 0.320 e. The molecule has 7 heteroatoms. The van der Waals surface area contributed by atoms with Crippen molar-refractivity contribution in [1.29, 1.82) is 0 Å². The topological polar surface area (TPSA) is 92.7 Å². The molecular formula is C14H29NO5S. The first kappa shape index (κ1) is 20.3. The van der Waals surface area contributed by atoms with Gasteiger partial charge in [-0.1, -0.05) is 39.0 Å². The third kappa shape index (κ3) is 15.5. The second kappa shape index (κ2) is 11.9. The summed E-state index contributed by atoms with van der Waals surface area (Å²) in [5.41, 5.74) is 0. The highest BCUT2D eigenvalue weighted by molar-refractivity contribution is 7.85. The Morgan fingerprint density at radius 2 is 1.81 bits per heavy atom. The quantitative estimate of drug-likeness (QED) is 0.306. The fourth-order valence-corrected chi connectivity index (χ4v) is 2.33. The minimum absolute atomic E-state index is 0.0275. The molecule has 126 valence electrons. The number of carbonyl (C=O) groups is 1. The van der Waals surface area contributed by atoms with Crippen molar-refractivity contribution in [2.45, 2.75) is 64.9 Å². The van der Waals surface area contributed by atoms with Gasteiger partial charge in [0, 0.05) is 6.54 Å². The summed E-state index contributed by atoms with van der Waals surface area (Å²) in [5, 5.41) is 2.62. The maximum atomic E-state index is 11.5. The molecule has 0 amide bonds. The van der Waals surface area contributed by atoms with E-state index < -0.39 is 21.8 Å². The summed E-state index contributed by atoms with van der Waals surface area (Å²) in [6, 6.07) is 0. The molecule has 1 unspecified atom stereocenters. The number of carbonyl (C=O) groups excluding carboxylic acids is 1. The number of ether oxygens (including phenoxy) is 1. The Labute approximate surface area is 128 Å². The van der Waals surface area contributed by atoms with Gasteiger partial charge in [-0.25, -0.2) is 0 Å². The number of hydrogen-bond acceptors (Lipinski definition) is 5. The normalized spacial score (nSPS) is 13.1. The molecule has 0 bridgehead atoms. The van der Waals surface area contributed by atoms with Crippen LogP contribution in [0.15, 0.2) is 0 Å². The van der Waals surface area contributed by atoms with Gasteiger partial charge in [-0.3, -0.25) is 9.35 Å². The van der Waals surface area contributed by atoms with Crippen LogP contribution in [-0.2, 0) is 19.6 Å². The summed E-state index contributed by atoms with van der Waals surface area (Å²) in [4.78, 5) is 11.5. The zero-order valence-corrected chi connectivity index (χ0v) is 14.0. The highest BCUT2D eigenvalue weighted by atomic mass is 32.2. The molecule has 6 nitrogen and oxygen atoms in total. The molecule has 0 aromatic carbocycles. The van der Waals surface area contributed by atoms with Gasteiger partial charge in [0.25, 0.3) is 10.1 Å². The lowest BCUT2D eigenvalue weighted by Gasteiger charge is -2.13. The van der Waals surface area contributed by atoms with Crippen LogP contribution in [0.3, 0.4) is 0 Å². The van der Waals surface area contributed by atoms with Gasteiger partial charge in [0.1, 0.15) is 0 Å². The molecule has 0 saturated heterocycles. The van der Waals surface area contributed by atoms with Crippen LogP contribution in [0.5, 0.6) is 0 Å². The molecule has 0 aromatic heterocycles. The van der Waals surface area contributed by atoms with Crippen molar-refractivity contribution in [2.75, 3.05) is 18.8 Å². The van der Waals surface area contributed by atoms with E-state index in [1.807, 2.05) is 6.92 Å². The summed E-state index contributed by atoms with van der Waals surface area (Å²) in [6.07, 6.45) is 7.95. The van der Waals surface area contributed by atoms with Crippen molar-refractivity contribution in [2.24, 2.45) is 0 Å². The van der Waals surface area contributed by atoms with E-state index in [1.54, 1.807) is 0 Å². The van der Waals surface area contributed by atoms with E-state index in [9.17, 15) is 13.2 Å². The molecule has 0 saturated carbocycles. The molecule has 0 heterocycles. The molecule has 0 aromatic rings. The predicted molar refractivity (Wildman–Crippen MR) is 82.8 cm³/mol. The molecule has 0 aliphatic rings. The number of esters is 1. The van der Waals surface area contributed by atoms with Crippen LogP contribution < -0.4 is 5.32 Å². The van der Waals surface area contributed by atoms with E-state index in [2.05, 4.69) is 12.2 Å². The Kier molecular flexibility index (Phi) is 11.6. The smallest absolute Gasteiger partial charge is 0.320 e. The van der Waals surface area contributed by atoms with Crippen LogP contribution in [0.4, 0.5) is 0 Å². The molecule has 0 aliphatic heterocycles. The van der Waals surface area contributed by atoms with Gasteiger partial charge in [0.05, 0.1) is 18.4 Å². The summed E-state index contributed by atoms with van der Waals surface area (Å²) < 4.78 is 34.6. The van der Waals surface area contributed by atoms with Crippen molar-refractivity contribution in [3.05, 3.63) is 0 Å². The van der Waals surface area contributed by atoms with Crippen molar-refractivity contribution >= 4 is 16.1 Å². The number of nitrogens with one attached hydrogen (secondary N) is 1. The van der Waals surface area contributed by atoms with E-state index in [0.717, 1.165) is 19.3 Å². The minimum atomic E-state index is -3.98. The van der Waals surface area contributed by atoms with Crippen LogP contribution >= 0.6 is 0 Å². The van der Waals surface area contributed by atoms with Crippen LogP contribution in [0.2, 0.25) is 0 Å². The third-order valence-electron chi connectivity index (χ3n) is 3.10. The zero-order valence-electron chi connectivity index (χ0n) is 13.1. The molecule has 21 heavy (non-hydrogen) atoms. The van der Waals surface area contributed by atoms with Gasteiger partial charge in [0.2, 0.25) is 0 Å². The van der Waals surface area contributed by atoms with Gasteiger partial charge >= 0.3 is 5.97 Å². The lowest BCUT2D eigenvalue weighted by molar-refractivity contribution is -0.147. The van der Waals surface area contributed by atoms with E-state index >= 15 is 0 Å². The van der Waals surface area contributed by atoms with Crippen molar-refractivity contribution in [1.82, 2.24) is 5.32 Å². The van der Waals surface area contributed by atoms with E-state index in [0.29, 0.717) is 0 Å². The van der Waals surface area contributed by atoms with Crippen molar-refractivity contribution in [3.63, 3.8) is 0 Å². The number of unbranched alkanes of at least 4 members (excludes halogenated alkanes) is 5. The molecular weight excluding hydrogens is 294 g/mol. The number of rotatable bonds is 13. The molecule has 1 atom stereocenters. The molecule has 0 radical (unpaired) electrons. The Hall–Kier alpha value is -0.660.